The summed E-state index contributed by atoms with van der Waals surface area (Å²) < 4.78 is 5.21. The lowest BCUT2D eigenvalue weighted by Gasteiger charge is -2.08. The predicted octanol–water partition coefficient (Wildman–Crippen LogP) is 5.66. The summed E-state index contributed by atoms with van der Waals surface area (Å²) in [4.78, 5) is 12.5. The van der Waals surface area contributed by atoms with E-state index in [1.165, 1.54) is 19.3 Å². The van der Waals surface area contributed by atoms with Gasteiger partial charge in [0.05, 0.1) is 10.0 Å². The maximum Gasteiger partial charge on any atom is 0.257 e. The highest BCUT2D eigenvalue weighted by molar-refractivity contribution is 6.39. The summed E-state index contributed by atoms with van der Waals surface area (Å²) >= 11 is 12.5. The van der Waals surface area contributed by atoms with Gasteiger partial charge >= 0.3 is 0 Å². The first-order valence-electron chi connectivity index (χ1n) is 8.25. The molecule has 24 heavy (non-hydrogen) atoms. The molecule has 0 saturated carbocycles. The third-order valence-electron chi connectivity index (χ3n) is 3.86. The Morgan fingerprint density at radius 2 is 1.83 bits per heavy atom. The fourth-order valence-electron chi connectivity index (χ4n) is 2.55. The maximum atomic E-state index is 12.5. The van der Waals surface area contributed by atoms with Crippen LogP contribution in [0.2, 0.25) is 10.0 Å². The summed E-state index contributed by atoms with van der Waals surface area (Å²) in [5.74, 6) is 0.236. The molecule has 6 heteroatoms. The molecule has 0 unspecified atom stereocenters. The number of nitrogens with one attached hydrogen (secondary N) is 1. The molecule has 0 aliphatic carbocycles. The van der Waals surface area contributed by atoms with E-state index in [9.17, 15) is 4.79 Å². The van der Waals surface area contributed by atoms with E-state index in [4.69, 9.17) is 27.7 Å². The summed E-state index contributed by atoms with van der Waals surface area (Å²) in [5, 5.41) is 7.79. The molecule has 1 heterocycles. The number of carbonyl (C=O) groups is 1. The molecule has 0 atom stereocenters. The van der Waals surface area contributed by atoms with E-state index < -0.39 is 0 Å². The molecule has 1 aromatic carbocycles. The van der Waals surface area contributed by atoms with Gasteiger partial charge in [-0.2, -0.15) is 0 Å². The Balaban J connectivity index is 2.11. The summed E-state index contributed by atoms with van der Waals surface area (Å²) in [7, 11) is 0. The minimum Gasteiger partial charge on any atom is -0.360 e. The van der Waals surface area contributed by atoms with Crippen LogP contribution >= 0.6 is 23.2 Å². The van der Waals surface area contributed by atoms with Crippen LogP contribution in [0.5, 0.6) is 0 Å². The Hall–Kier alpha value is -1.52. The Morgan fingerprint density at radius 1 is 1.17 bits per heavy atom. The third-order valence-corrected chi connectivity index (χ3v) is 4.49. The number of hydrogen-bond acceptors (Lipinski definition) is 3. The van der Waals surface area contributed by atoms with E-state index in [0.29, 0.717) is 39.2 Å². The summed E-state index contributed by atoms with van der Waals surface area (Å²) in [5.41, 5.74) is 1.29. The van der Waals surface area contributed by atoms with Crippen LogP contribution in [0, 0.1) is 6.92 Å². The lowest BCUT2D eigenvalue weighted by molar-refractivity contribution is 0.0952. The maximum absolute atomic E-state index is 12.5. The lowest BCUT2D eigenvalue weighted by Crippen LogP contribution is -2.25. The number of halogens is 2. The molecule has 0 aliphatic rings. The fraction of sp³-hybridized carbons (Fsp3) is 0.444. The average Bonchev–Trinajstić information content (AvgIpc) is 2.92. The van der Waals surface area contributed by atoms with Crippen LogP contribution in [0.3, 0.4) is 0 Å². The molecular weight excluding hydrogens is 347 g/mol. The number of amides is 1. The topological polar surface area (TPSA) is 55.1 Å². The first-order valence-corrected chi connectivity index (χ1v) is 9.00. The van der Waals surface area contributed by atoms with Gasteiger partial charge in [-0.1, -0.05) is 67.0 Å². The van der Waals surface area contributed by atoms with E-state index >= 15 is 0 Å². The highest BCUT2D eigenvalue weighted by Crippen LogP contribution is 2.36. The molecule has 1 aromatic heterocycles. The molecule has 2 rings (SSSR count). The summed E-state index contributed by atoms with van der Waals surface area (Å²) in [6.45, 7) is 4.51. The zero-order valence-corrected chi connectivity index (χ0v) is 15.5. The van der Waals surface area contributed by atoms with Crippen molar-refractivity contribution >= 4 is 29.1 Å². The van der Waals surface area contributed by atoms with E-state index in [1.54, 1.807) is 25.1 Å². The molecule has 1 N–H and O–H groups in total. The Morgan fingerprint density at radius 3 is 2.50 bits per heavy atom. The molecule has 2 aromatic rings. The van der Waals surface area contributed by atoms with E-state index in [0.717, 1.165) is 12.8 Å². The van der Waals surface area contributed by atoms with E-state index in [2.05, 4.69) is 17.4 Å². The van der Waals surface area contributed by atoms with Crippen molar-refractivity contribution in [3.8, 4) is 11.3 Å². The van der Waals surface area contributed by atoms with Crippen molar-refractivity contribution in [2.24, 2.45) is 0 Å². The fourth-order valence-corrected chi connectivity index (χ4v) is 3.13. The van der Waals surface area contributed by atoms with Gasteiger partial charge in [0.2, 0.25) is 0 Å². The number of benzene rings is 1. The number of carbonyl (C=O) groups excluding carboxylic acids is 1. The Bertz CT molecular complexity index is 678. The number of rotatable bonds is 8. The first-order chi connectivity index (χ1) is 11.6. The Kier molecular flexibility index (Phi) is 7.13. The average molecular weight is 369 g/mol. The number of unbranched alkanes of at least 4 members (excludes halogenated alkanes) is 4. The van der Waals surface area contributed by atoms with Gasteiger partial charge in [0.15, 0.2) is 0 Å². The van der Waals surface area contributed by atoms with Crippen LogP contribution in [-0.4, -0.2) is 17.6 Å². The van der Waals surface area contributed by atoms with Crippen molar-refractivity contribution in [3.05, 3.63) is 39.6 Å². The van der Waals surface area contributed by atoms with Gasteiger partial charge in [-0.3, -0.25) is 4.79 Å². The zero-order valence-electron chi connectivity index (χ0n) is 14.0. The van der Waals surface area contributed by atoms with Crippen LogP contribution in [0.25, 0.3) is 11.3 Å². The Labute approximate surface area is 152 Å². The first kappa shape index (κ1) is 18.8. The number of aromatic nitrogens is 1. The number of aryl methyl sites for hydroxylation is 1. The molecule has 0 saturated heterocycles. The highest BCUT2D eigenvalue weighted by Gasteiger charge is 2.24. The van der Waals surface area contributed by atoms with Crippen molar-refractivity contribution in [2.75, 3.05) is 6.54 Å². The molecule has 0 spiro atoms. The number of nitrogens with zero attached hydrogens (tertiary/aromatic N) is 1. The van der Waals surface area contributed by atoms with Crippen LogP contribution in [0.4, 0.5) is 0 Å². The SMILES string of the molecule is CCCCCCCNC(=O)c1c(-c2c(Cl)cccc2Cl)noc1C. The summed E-state index contributed by atoms with van der Waals surface area (Å²) in [6.07, 6.45) is 5.69. The quantitative estimate of drug-likeness (QED) is 0.611. The standard InChI is InChI=1S/C18H22Cl2N2O2/c1-3-4-5-6-7-11-21-18(23)15-12(2)24-22-17(15)16-13(19)9-8-10-14(16)20/h8-10H,3-7,11H2,1-2H3,(H,21,23). The van der Waals surface area contributed by atoms with Crippen molar-refractivity contribution in [1.29, 1.82) is 0 Å². The van der Waals surface area contributed by atoms with Crippen LogP contribution in [-0.2, 0) is 0 Å². The molecule has 0 bridgehead atoms. The van der Waals surface area contributed by atoms with Gasteiger partial charge in [-0.05, 0) is 25.5 Å². The smallest absolute Gasteiger partial charge is 0.257 e. The molecule has 0 fully saturated rings. The second-order valence-corrected chi connectivity index (χ2v) is 6.54. The largest absolute Gasteiger partial charge is 0.360 e. The van der Waals surface area contributed by atoms with Gasteiger partial charge in [0, 0.05) is 12.1 Å². The monoisotopic (exact) mass is 368 g/mol. The van der Waals surface area contributed by atoms with Gasteiger partial charge in [-0.25, -0.2) is 0 Å². The van der Waals surface area contributed by atoms with E-state index in [1.807, 2.05) is 0 Å². The molecule has 0 aliphatic heterocycles. The minimum atomic E-state index is -0.213. The van der Waals surface area contributed by atoms with E-state index in [-0.39, 0.29) is 5.91 Å². The number of hydrogen-bond donors (Lipinski definition) is 1. The molecule has 1 amide bonds. The van der Waals surface area contributed by atoms with Gasteiger partial charge in [0.1, 0.15) is 17.0 Å². The van der Waals surface area contributed by atoms with Crippen LogP contribution < -0.4 is 5.32 Å². The normalized spacial score (nSPS) is 10.8. The predicted molar refractivity (Wildman–Crippen MR) is 97.8 cm³/mol. The van der Waals surface area contributed by atoms with Crippen molar-refractivity contribution in [3.63, 3.8) is 0 Å². The van der Waals surface area contributed by atoms with Crippen molar-refractivity contribution < 1.29 is 9.32 Å². The summed E-state index contributed by atoms with van der Waals surface area (Å²) in [6, 6.07) is 5.17. The second kappa shape index (κ2) is 9.09. The third kappa shape index (κ3) is 4.52. The molecular formula is C18H22Cl2N2O2. The molecule has 130 valence electrons. The zero-order chi connectivity index (χ0) is 17.5. The van der Waals surface area contributed by atoms with Crippen LogP contribution in [0.15, 0.2) is 22.7 Å². The lowest BCUT2D eigenvalue weighted by atomic mass is 10.1. The van der Waals surface area contributed by atoms with Crippen molar-refractivity contribution in [2.45, 2.75) is 46.0 Å². The molecule has 0 radical (unpaired) electrons. The van der Waals surface area contributed by atoms with Gasteiger partial charge in [0.25, 0.3) is 5.91 Å². The van der Waals surface area contributed by atoms with Crippen LogP contribution in [0.1, 0.15) is 55.1 Å². The van der Waals surface area contributed by atoms with Gasteiger partial charge < -0.3 is 9.84 Å². The minimum absolute atomic E-state index is 0.213. The second-order valence-electron chi connectivity index (χ2n) is 5.73. The molecule has 4 nitrogen and oxygen atoms in total. The van der Waals surface area contributed by atoms with Crippen molar-refractivity contribution in [1.82, 2.24) is 10.5 Å². The highest BCUT2D eigenvalue weighted by atomic mass is 35.5. The van der Waals surface area contributed by atoms with Gasteiger partial charge in [-0.15, -0.1) is 0 Å².